The minimum atomic E-state index is -4.41. The largest absolute Gasteiger partial charge is 0.481 e. The van der Waals surface area contributed by atoms with Crippen molar-refractivity contribution in [3.63, 3.8) is 0 Å². The lowest BCUT2D eigenvalue weighted by Gasteiger charge is -2.19. The van der Waals surface area contributed by atoms with Crippen molar-refractivity contribution in [2.24, 2.45) is 11.8 Å². The van der Waals surface area contributed by atoms with Gasteiger partial charge in [-0.25, -0.2) is 0 Å². The van der Waals surface area contributed by atoms with Crippen LogP contribution in [0.4, 0.5) is 18.9 Å². The normalized spacial score (nSPS) is 22.8. The van der Waals surface area contributed by atoms with Crippen molar-refractivity contribution in [2.75, 3.05) is 11.9 Å². The highest BCUT2D eigenvalue weighted by Crippen LogP contribution is 2.36. The molecule has 0 saturated heterocycles. The first-order valence-electron chi connectivity index (χ1n) is 6.52. The lowest BCUT2D eigenvalue weighted by molar-refractivity contribution is -0.143. The second kappa shape index (κ2) is 5.73. The van der Waals surface area contributed by atoms with Crippen LogP contribution in [0.5, 0.6) is 0 Å². The Morgan fingerprint density at radius 3 is 2.65 bits per heavy atom. The average Bonchev–Trinajstić information content (AvgIpc) is 2.84. The molecule has 0 radical (unpaired) electrons. The quantitative estimate of drug-likeness (QED) is 0.889. The third kappa shape index (κ3) is 3.23. The van der Waals surface area contributed by atoms with Crippen LogP contribution in [0.1, 0.15) is 24.8 Å². The molecule has 0 bridgehead atoms. The molecular weight excluding hydrogens is 271 g/mol. The predicted octanol–water partition coefficient (Wildman–Crippen LogP) is 3.62. The maximum absolute atomic E-state index is 12.8. The fourth-order valence-corrected chi connectivity index (χ4v) is 2.73. The second-order valence-electron chi connectivity index (χ2n) is 5.06. The number of aliphatic carboxylic acids is 1. The van der Waals surface area contributed by atoms with E-state index in [2.05, 4.69) is 5.32 Å². The molecule has 3 nitrogen and oxygen atoms in total. The molecule has 0 heterocycles. The Bertz CT molecular complexity index is 488. The number of carbonyl (C=O) groups is 1. The van der Waals surface area contributed by atoms with Crippen molar-refractivity contribution >= 4 is 11.7 Å². The monoisotopic (exact) mass is 287 g/mol. The highest BCUT2D eigenvalue weighted by Gasteiger charge is 2.35. The molecular formula is C14H16F3NO2. The summed E-state index contributed by atoms with van der Waals surface area (Å²) in [4.78, 5) is 11.0. The number of carboxylic acids is 1. The number of anilines is 1. The van der Waals surface area contributed by atoms with E-state index in [-0.39, 0.29) is 18.2 Å². The van der Waals surface area contributed by atoms with Gasteiger partial charge in [-0.05, 0) is 30.9 Å². The number of hydrogen-bond donors (Lipinski definition) is 2. The maximum atomic E-state index is 12.8. The zero-order chi connectivity index (χ0) is 14.8. The Morgan fingerprint density at radius 1 is 1.30 bits per heavy atom. The van der Waals surface area contributed by atoms with Gasteiger partial charge in [0.15, 0.2) is 0 Å². The Hall–Kier alpha value is -1.72. The average molecular weight is 287 g/mol. The van der Waals surface area contributed by atoms with Crippen LogP contribution < -0.4 is 5.32 Å². The molecule has 1 aliphatic carbocycles. The number of hydrogen-bond acceptors (Lipinski definition) is 2. The van der Waals surface area contributed by atoms with E-state index < -0.39 is 23.6 Å². The molecule has 1 saturated carbocycles. The van der Waals surface area contributed by atoms with E-state index in [1.54, 1.807) is 0 Å². The fourth-order valence-electron chi connectivity index (χ4n) is 2.73. The van der Waals surface area contributed by atoms with Crippen molar-refractivity contribution < 1.29 is 23.1 Å². The first-order valence-corrected chi connectivity index (χ1v) is 6.52. The topological polar surface area (TPSA) is 49.3 Å². The first-order chi connectivity index (χ1) is 9.39. The third-order valence-corrected chi connectivity index (χ3v) is 3.76. The van der Waals surface area contributed by atoms with Crippen LogP contribution in [0, 0.1) is 11.8 Å². The third-order valence-electron chi connectivity index (χ3n) is 3.76. The molecule has 2 unspecified atom stereocenters. The van der Waals surface area contributed by atoms with Gasteiger partial charge in [0, 0.05) is 12.2 Å². The number of alkyl halides is 3. The van der Waals surface area contributed by atoms with Crippen molar-refractivity contribution in [1.29, 1.82) is 0 Å². The Balaban J connectivity index is 2.06. The lowest BCUT2D eigenvalue weighted by atomic mass is 9.96. The molecule has 110 valence electrons. The van der Waals surface area contributed by atoms with Gasteiger partial charge < -0.3 is 10.4 Å². The van der Waals surface area contributed by atoms with Crippen molar-refractivity contribution in [1.82, 2.24) is 0 Å². The van der Waals surface area contributed by atoms with E-state index in [1.807, 2.05) is 0 Å². The van der Waals surface area contributed by atoms with E-state index >= 15 is 0 Å². The summed E-state index contributed by atoms with van der Waals surface area (Å²) in [5, 5.41) is 11.8. The maximum Gasteiger partial charge on any atom is 0.418 e. The van der Waals surface area contributed by atoms with Gasteiger partial charge in [-0.2, -0.15) is 13.2 Å². The van der Waals surface area contributed by atoms with Gasteiger partial charge in [0.25, 0.3) is 0 Å². The molecule has 0 aromatic heterocycles. The van der Waals surface area contributed by atoms with Crippen LogP contribution in [-0.2, 0) is 11.0 Å². The fraction of sp³-hybridized carbons (Fsp3) is 0.500. The van der Waals surface area contributed by atoms with Crippen LogP contribution in [0.15, 0.2) is 24.3 Å². The molecule has 2 rings (SSSR count). The molecule has 6 heteroatoms. The van der Waals surface area contributed by atoms with E-state index in [0.29, 0.717) is 6.42 Å². The summed E-state index contributed by atoms with van der Waals surface area (Å²) in [5.41, 5.74) is -0.707. The molecule has 0 amide bonds. The minimum Gasteiger partial charge on any atom is -0.481 e. The van der Waals surface area contributed by atoms with E-state index in [9.17, 15) is 18.0 Å². The molecule has 0 aliphatic heterocycles. The van der Waals surface area contributed by atoms with Gasteiger partial charge in [0.05, 0.1) is 11.5 Å². The highest BCUT2D eigenvalue weighted by molar-refractivity contribution is 5.70. The van der Waals surface area contributed by atoms with Crippen LogP contribution in [0.3, 0.4) is 0 Å². The van der Waals surface area contributed by atoms with Gasteiger partial charge in [-0.3, -0.25) is 4.79 Å². The number of benzene rings is 1. The number of rotatable bonds is 4. The second-order valence-corrected chi connectivity index (χ2v) is 5.06. The zero-order valence-electron chi connectivity index (χ0n) is 10.8. The number of halogens is 3. The summed E-state index contributed by atoms with van der Waals surface area (Å²) < 4.78 is 38.5. The molecule has 1 aliphatic rings. The van der Waals surface area contributed by atoms with Crippen LogP contribution in [0.25, 0.3) is 0 Å². The van der Waals surface area contributed by atoms with Gasteiger partial charge >= 0.3 is 12.1 Å². The number of para-hydroxylation sites is 1. The summed E-state index contributed by atoms with van der Waals surface area (Å²) in [6.07, 6.45) is -2.27. The summed E-state index contributed by atoms with van der Waals surface area (Å²) in [6, 6.07) is 5.25. The minimum absolute atomic E-state index is 0.0102. The Labute approximate surface area is 114 Å². The van der Waals surface area contributed by atoms with E-state index in [0.717, 1.165) is 18.9 Å². The smallest absolute Gasteiger partial charge is 0.418 e. The van der Waals surface area contributed by atoms with E-state index in [4.69, 9.17) is 5.11 Å². The summed E-state index contributed by atoms with van der Waals surface area (Å²) in [6.45, 7) is 0.254. The SMILES string of the molecule is O=C(O)C1CCCC1CNc1ccccc1C(F)(F)F. The summed E-state index contributed by atoms with van der Waals surface area (Å²) >= 11 is 0. The first kappa shape index (κ1) is 14.7. The van der Waals surface area contributed by atoms with Gasteiger partial charge in [0.1, 0.15) is 0 Å². The standard InChI is InChI=1S/C14H16F3NO2/c15-14(16,17)11-6-1-2-7-12(11)18-8-9-4-3-5-10(9)13(19)20/h1-2,6-7,9-10,18H,3-5,8H2,(H,19,20). The molecule has 1 fully saturated rings. The van der Waals surface area contributed by atoms with Gasteiger partial charge in [-0.15, -0.1) is 0 Å². The lowest BCUT2D eigenvalue weighted by Crippen LogP contribution is -2.25. The molecule has 1 aromatic rings. The van der Waals surface area contributed by atoms with Crippen molar-refractivity contribution in [2.45, 2.75) is 25.4 Å². The summed E-state index contributed by atoms with van der Waals surface area (Å²) in [7, 11) is 0. The summed E-state index contributed by atoms with van der Waals surface area (Å²) in [5.74, 6) is -1.44. The van der Waals surface area contributed by atoms with E-state index in [1.165, 1.54) is 18.2 Å². The number of nitrogens with one attached hydrogen (secondary N) is 1. The van der Waals surface area contributed by atoms with Crippen LogP contribution in [-0.4, -0.2) is 17.6 Å². The molecule has 1 aromatic carbocycles. The molecule has 0 spiro atoms. The molecule has 2 N–H and O–H groups in total. The Morgan fingerprint density at radius 2 is 2.00 bits per heavy atom. The Kier molecular flexibility index (Phi) is 4.20. The van der Waals surface area contributed by atoms with Crippen LogP contribution >= 0.6 is 0 Å². The molecule has 20 heavy (non-hydrogen) atoms. The van der Waals surface area contributed by atoms with Crippen molar-refractivity contribution in [3.8, 4) is 0 Å². The van der Waals surface area contributed by atoms with Gasteiger partial charge in [0.2, 0.25) is 0 Å². The number of carboxylic acid groups (broad SMARTS) is 1. The molecule has 2 atom stereocenters. The van der Waals surface area contributed by atoms with Crippen LogP contribution in [0.2, 0.25) is 0 Å². The zero-order valence-corrected chi connectivity index (χ0v) is 10.8. The predicted molar refractivity (Wildman–Crippen MR) is 68.4 cm³/mol. The highest BCUT2D eigenvalue weighted by atomic mass is 19.4. The van der Waals surface area contributed by atoms with Crippen molar-refractivity contribution in [3.05, 3.63) is 29.8 Å². The van der Waals surface area contributed by atoms with Gasteiger partial charge in [-0.1, -0.05) is 18.6 Å².